The molecular weight excluding hydrogens is 248 g/mol. The van der Waals surface area contributed by atoms with Crippen LogP contribution in [0.15, 0.2) is 65.1 Å². The Labute approximate surface area is 118 Å². The molecule has 1 atom stereocenters. The topological polar surface area (TPSA) is 38.9 Å². The van der Waals surface area contributed by atoms with Gasteiger partial charge in [0.15, 0.2) is 0 Å². The summed E-state index contributed by atoms with van der Waals surface area (Å²) in [5.41, 5.74) is 2.23. The zero-order valence-corrected chi connectivity index (χ0v) is 11.4. The van der Waals surface area contributed by atoms with E-state index in [1.54, 1.807) is 0 Å². The molecule has 20 heavy (non-hydrogen) atoms. The molecule has 1 unspecified atom stereocenters. The minimum atomic E-state index is 0.211. The summed E-state index contributed by atoms with van der Waals surface area (Å²) in [5, 5.41) is 8.30. The summed E-state index contributed by atoms with van der Waals surface area (Å²) < 4.78 is 5.78. The highest BCUT2D eigenvalue weighted by Crippen LogP contribution is 2.23. The van der Waals surface area contributed by atoms with E-state index in [1.807, 2.05) is 48.5 Å². The molecular formula is C17H16N2O. The average Bonchev–Trinajstić information content (AvgIpc) is 2.99. The van der Waals surface area contributed by atoms with Crippen LogP contribution in [-0.2, 0) is 6.42 Å². The van der Waals surface area contributed by atoms with Gasteiger partial charge in [-0.05, 0) is 24.1 Å². The summed E-state index contributed by atoms with van der Waals surface area (Å²) in [4.78, 5) is 0. The largest absolute Gasteiger partial charge is 0.420 e. The van der Waals surface area contributed by atoms with E-state index >= 15 is 0 Å². The molecule has 0 saturated carbocycles. The van der Waals surface area contributed by atoms with Crippen molar-refractivity contribution >= 4 is 0 Å². The summed E-state index contributed by atoms with van der Waals surface area (Å²) in [7, 11) is 0. The molecule has 1 aromatic heterocycles. The van der Waals surface area contributed by atoms with Crippen molar-refractivity contribution in [2.24, 2.45) is 0 Å². The minimum absolute atomic E-state index is 0.211. The minimum Gasteiger partial charge on any atom is -0.420 e. The van der Waals surface area contributed by atoms with Gasteiger partial charge < -0.3 is 4.42 Å². The predicted octanol–water partition coefficient (Wildman–Crippen LogP) is 4.08. The van der Waals surface area contributed by atoms with Crippen molar-refractivity contribution in [3.8, 4) is 11.5 Å². The van der Waals surface area contributed by atoms with Crippen LogP contribution in [-0.4, -0.2) is 10.2 Å². The Bertz CT molecular complexity index is 662. The van der Waals surface area contributed by atoms with E-state index in [9.17, 15) is 0 Å². The van der Waals surface area contributed by atoms with Crippen LogP contribution in [0, 0.1) is 0 Å². The molecule has 0 amide bonds. The van der Waals surface area contributed by atoms with Crippen LogP contribution in [0.25, 0.3) is 11.5 Å². The number of nitrogens with zero attached hydrogens (tertiary/aromatic N) is 2. The number of hydrogen-bond acceptors (Lipinski definition) is 3. The van der Waals surface area contributed by atoms with E-state index in [4.69, 9.17) is 4.42 Å². The lowest BCUT2D eigenvalue weighted by atomic mass is 10.0. The van der Waals surface area contributed by atoms with Gasteiger partial charge in [0.2, 0.25) is 11.8 Å². The third-order valence-corrected chi connectivity index (χ3v) is 3.27. The molecule has 0 bridgehead atoms. The molecule has 0 saturated heterocycles. The zero-order valence-electron chi connectivity index (χ0n) is 11.4. The average molecular weight is 264 g/mol. The molecule has 0 spiro atoms. The van der Waals surface area contributed by atoms with Gasteiger partial charge in [0, 0.05) is 11.5 Å². The van der Waals surface area contributed by atoms with Gasteiger partial charge in [0.1, 0.15) is 0 Å². The van der Waals surface area contributed by atoms with Crippen molar-refractivity contribution in [2.75, 3.05) is 0 Å². The third-order valence-electron chi connectivity index (χ3n) is 3.27. The molecule has 0 aliphatic heterocycles. The first-order valence-electron chi connectivity index (χ1n) is 6.75. The quantitative estimate of drug-likeness (QED) is 0.712. The summed E-state index contributed by atoms with van der Waals surface area (Å²) in [6.45, 7) is 2.11. The van der Waals surface area contributed by atoms with Crippen LogP contribution in [0.3, 0.4) is 0 Å². The smallest absolute Gasteiger partial charge is 0.247 e. The maximum atomic E-state index is 5.78. The Kier molecular flexibility index (Phi) is 3.59. The van der Waals surface area contributed by atoms with Crippen molar-refractivity contribution in [3.63, 3.8) is 0 Å². The molecule has 2 aromatic carbocycles. The molecule has 0 fully saturated rings. The standard InChI is InChI=1S/C17H16N2O/c1-13(12-14-8-4-2-5-9-14)16-18-19-17(20-16)15-10-6-3-7-11-15/h2-11,13H,12H2,1H3. The van der Waals surface area contributed by atoms with E-state index in [1.165, 1.54) is 5.56 Å². The maximum Gasteiger partial charge on any atom is 0.247 e. The fourth-order valence-electron chi connectivity index (χ4n) is 2.19. The first kappa shape index (κ1) is 12.6. The van der Waals surface area contributed by atoms with E-state index in [2.05, 4.69) is 29.3 Å². The first-order chi connectivity index (χ1) is 9.83. The molecule has 0 aliphatic rings. The molecule has 100 valence electrons. The Morgan fingerprint density at radius 2 is 1.55 bits per heavy atom. The van der Waals surface area contributed by atoms with E-state index < -0.39 is 0 Å². The van der Waals surface area contributed by atoms with Crippen LogP contribution in [0.1, 0.15) is 24.3 Å². The van der Waals surface area contributed by atoms with Crippen molar-refractivity contribution in [1.82, 2.24) is 10.2 Å². The van der Waals surface area contributed by atoms with Crippen LogP contribution < -0.4 is 0 Å². The molecule has 3 nitrogen and oxygen atoms in total. The SMILES string of the molecule is CC(Cc1ccccc1)c1nnc(-c2ccccc2)o1. The normalized spacial score (nSPS) is 12.2. The van der Waals surface area contributed by atoms with Gasteiger partial charge in [-0.3, -0.25) is 0 Å². The fourth-order valence-corrected chi connectivity index (χ4v) is 2.19. The van der Waals surface area contributed by atoms with Gasteiger partial charge in [-0.2, -0.15) is 0 Å². The fraction of sp³-hybridized carbons (Fsp3) is 0.176. The van der Waals surface area contributed by atoms with Gasteiger partial charge >= 0.3 is 0 Å². The highest BCUT2D eigenvalue weighted by atomic mass is 16.4. The van der Waals surface area contributed by atoms with Gasteiger partial charge in [-0.15, -0.1) is 10.2 Å². The molecule has 0 N–H and O–H groups in total. The predicted molar refractivity (Wildman–Crippen MR) is 78.3 cm³/mol. The second kappa shape index (κ2) is 5.70. The van der Waals surface area contributed by atoms with Crippen molar-refractivity contribution < 1.29 is 4.42 Å². The Morgan fingerprint density at radius 1 is 0.900 bits per heavy atom. The lowest BCUT2D eigenvalue weighted by Crippen LogP contribution is -1.98. The Hall–Kier alpha value is -2.42. The van der Waals surface area contributed by atoms with Gasteiger partial charge in [0.25, 0.3) is 0 Å². The highest BCUT2D eigenvalue weighted by molar-refractivity contribution is 5.51. The van der Waals surface area contributed by atoms with Gasteiger partial charge in [-0.1, -0.05) is 55.5 Å². The molecule has 3 heteroatoms. The van der Waals surface area contributed by atoms with E-state index in [0.29, 0.717) is 11.8 Å². The second-order valence-corrected chi connectivity index (χ2v) is 4.90. The summed E-state index contributed by atoms with van der Waals surface area (Å²) in [6.07, 6.45) is 0.900. The number of aromatic nitrogens is 2. The summed E-state index contributed by atoms with van der Waals surface area (Å²) >= 11 is 0. The maximum absolute atomic E-state index is 5.78. The summed E-state index contributed by atoms with van der Waals surface area (Å²) in [6, 6.07) is 20.2. The van der Waals surface area contributed by atoms with Crippen molar-refractivity contribution in [2.45, 2.75) is 19.3 Å². The van der Waals surface area contributed by atoms with E-state index in [0.717, 1.165) is 12.0 Å². The number of rotatable bonds is 4. The molecule has 0 aliphatic carbocycles. The Balaban J connectivity index is 1.77. The molecule has 3 rings (SSSR count). The number of benzene rings is 2. The molecule has 3 aromatic rings. The van der Waals surface area contributed by atoms with Crippen LogP contribution in [0.2, 0.25) is 0 Å². The second-order valence-electron chi connectivity index (χ2n) is 4.90. The third kappa shape index (κ3) is 2.77. The van der Waals surface area contributed by atoms with Crippen LogP contribution in [0.5, 0.6) is 0 Å². The summed E-state index contributed by atoms with van der Waals surface area (Å²) in [5.74, 6) is 1.48. The van der Waals surface area contributed by atoms with Crippen molar-refractivity contribution in [3.05, 3.63) is 72.1 Å². The highest BCUT2D eigenvalue weighted by Gasteiger charge is 2.15. The molecule has 0 radical (unpaired) electrons. The van der Waals surface area contributed by atoms with Gasteiger partial charge in [-0.25, -0.2) is 0 Å². The lowest BCUT2D eigenvalue weighted by Gasteiger charge is -2.06. The lowest BCUT2D eigenvalue weighted by molar-refractivity contribution is 0.466. The van der Waals surface area contributed by atoms with Crippen LogP contribution >= 0.6 is 0 Å². The number of hydrogen-bond donors (Lipinski definition) is 0. The zero-order chi connectivity index (χ0) is 13.8. The van der Waals surface area contributed by atoms with E-state index in [-0.39, 0.29) is 5.92 Å². The first-order valence-corrected chi connectivity index (χ1v) is 6.75. The van der Waals surface area contributed by atoms with Crippen molar-refractivity contribution in [1.29, 1.82) is 0 Å². The van der Waals surface area contributed by atoms with Gasteiger partial charge in [0.05, 0.1) is 0 Å². The monoisotopic (exact) mass is 264 g/mol. The van der Waals surface area contributed by atoms with Crippen LogP contribution in [0.4, 0.5) is 0 Å². The Morgan fingerprint density at radius 3 is 2.25 bits per heavy atom. The molecule has 1 heterocycles.